The van der Waals surface area contributed by atoms with Crippen LogP contribution in [0, 0.1) is 11.3 Å². The minimum atomic E-state index is 0.266. The van der Waals surface area contributed by atoms with Gasteiger partial charge in [-0.2, -0.15) is 5.26 Å². The molecule has 0 saturated carbocycles. The van der Waals surface area contributed by atoms with Gasteiger partial charge in [0, 0.05) is 6.08 Å². The molecule has 0 amide bonds. The van der Waals surface area contributed by atoms with Crippen molar-refractivity contribution in [1.82, 2.24) is 0 Å². The van der Waals surface area contributed by atoms with Gasteiger partial charge in [0.15, 0.2) is 12.0 Å². The maximum Gasteiger partial charge on any atom is 0.185 e. The standard InChI is InChI=1S/C8H5NO2/c9-5-1-2-7-3-4-8(6-10)11-7/h1-4,6H. The van der Waals surface area contributed by atoms with E-state index in [1.165, 1.54) is 12.2 Å². The lowest BCUT2D eigenvalue weighted by Crippen LogP contribution is -1.67. The Balaban J connectivity index is 2.82. The lowest BCUT2D eigenvalue weighted by atomic mass is 10.4. The highest BCUT2D eigenvalue weighted by Gasteiger charge is 1.94. The molecular weight excluding hydrogens is 142 g/mol. The second kappa shape index (κ2) is 3.37. The molecule has 1 aromatic heterocycles. The van der Waals surface area contributed by atoms with E-state index in [-0.39, 0.29) is 5.76 Å². The number of hydrogen-bond donors (Lipinski definition) is 0. The molecule has 0 N–H and O–H groups in total. The van der Waals surface area contributed by atoms with Crippen molar-refractivity contribution in [2.24, 2.45) is 0 Å². The van der Waals surface area contributed by atoms with Crippen molar-refractivity contribution in [3.8, 4) is 6.07 Å². The molecule has 0 aliphatic rings. The van der Waals surface area contributed by atoms with E-state index < -0.39 is 0 Å². The molecule has 3 nitrogen and oxygen atoms in total. The molecule has 0 fully saturated rings. The van der Waals surface area contributed by atoms with E-state index in [9.17, 15) is 4.79 Å². The molecule has 11 heavy (non-hydrogen) atoms. The summed E-state index contributed by atoms with van der Waals surface area (Å²) in [6, 6.07) is 4.98. The minimum Gasteiger partial charge on any atom is -0.454 e. The molecular formula is C8H5NO2. The summed E-state index contributed by atoms with van der Waals surface area (Å²) in [6.07, 6.45) is 3.39. The van der Waals surface area contributed by atoms with Crippen LogP contribution in [0.5, 0.6) is 0 Å². The minimum absolute atomic E-state index is 0.266. The third kappa shape index (κ3) is 1.80. The Hall–Kier alpha value is -1.82. The van der Waals surface area contributed by atoms with Crippen LogP contribution in [-0.4, -0.2) is 6.29 Å². The first-order valence-corrected chi connectivity index (χ1v) is 2.98. The van der Waals surface area contributed by atoms with Crippen LogP contribution in [-0.2, 0) is 0 Å². The van der Waals surface area contributed by atoms with Crippen molar-refractivity contribution in [3.05, 3.63) is 29.7 Å². The van der Waals surface area contributed by atoms with Gasteiger partial charge in [-0.1, -0.05) is 0 Å². The van der Waals surface area contributed by atoms with E-state index in [1.807, 2.05) is 6.07 Å². The first-order valence-electron chi connectivity index (χ1n) is 2.98. The van der Waals surface area contributed by atoms with Crippen LogP contribution in [0.1, 0.15) is 16.3 Å². The summed E-state index contributed by atoms with van der Waals surface area (Å²) in [7, 11) is 0. The van der Waals surface area contributed by atoms with E-state index in [4.69, 9.17) is 9.68 Å². The largest absolute Gasteiger partial charge is 0.454 e. The fraction of sp³-hybridized carbons (Fsp3) is 0. The molecule has 3 heteroatoms. The number of hydrogen-bond acceptors (Lipinski definition) is 3. The summed E-state index contributed by atoms with van der Waals surface area (Å²) in [5.41, 5.74) is 0. The molecule has 1 rings (SSSR count). The molecule has 0 aliphatic heterocycles. The van der Waals surface area contributed by atoms with E-state index in [0.717, 1.165) is 0 Å². The van der Waals surface area contributed by atoms with Gasteiger partial charge in [0.05, 0.1) is 6.07 Å². The monoisotopic (exact) mass is 147 g/mol. The molecule has 54 valence electrons. The Morgan fingerprint density at radius 2 is 2.18 bits per heavy atom. The predicted octanol–water partition coefficient (Wildman–Crippen LogP) is 1.63. The van der Waals surface area contributed by atoms with E-state index in [0.29, 0.717) is 12.0 Å². The van der Waals surface area contributed by atoms with E-state index >= 15 is 0 Å². The lowest BCUT2D eigenvalue weighted by Gasteiger charge is -1.79. The van der Waals surface area contributed by atoms with E-state index in [2.05, 4.69) is 0 Å². The Kier molecular flexibility index (Phi) is 2.24. The van der Waals surface area contributed by atoms with Crippen LogP contribution in [0.4, 0.5) is 0 Å². The van der Waals surface area contributed by atoms with Gasteiger partial charge in [-0.05, 0) is 18.2 Å². The number of nitriles is 1. The molecule has 0 unspecified atom stereocenters. The van der Waals surface area contributed by atoms with Crippen LogP contribution in [0.2, 0.25) is 0 Å². The first kappa shape index (κ1) is 7.29. The highest BCUT2D eigenvalue weighted by Crippen LogP contribution is 2.06. The molecule has 0 atom stereocenters. The average molecular weight is 147 g/mol. The number of allylic oxidation sites excluding steroid dienone is 1. The number of rotatable bonds is 2. The van der Waals surface area contributed by atoms with Gasteiger partial charge in [0.25, 0.3) is 0 Å². The van der Waals surface area contributed by atoms with Gasteiger partial charge in [-0.25, -0.2) is 0 Å². The summed E-state index contributed by atoms with van der Waals surface area (Å²) in [6.45, 7) is 0. The Morgan fingerprint density at radius 3 is 2.73 bits per heavy atom. The maximum absolute atomic E-state index is 10.1. The van der Waals surface area contributed by atoms with Crippen molar-refractivity contribution in [2.75, 3.05) is 0 Å². The predicted molar refractivity (Wildman–Crippen MR) is 38.7 cm³/mol. The average Bonchev–Trinajstić information content (AvgIpc) is 2.48. The van der Waals surface area contributed by atoms with Crippen molar-refractivity contribution in [2.45, 2.75) is 0 Å². The molecule has 0 bridgehead atoms. The molecule has 0 aliphatic carbocycles. The van der Waals surface area contributed by atoms with Crippen molar-refractivity contribution >= 4 is 12.4 Å². The van der Waals surface area contributed by atoms with Crippen LogP contribution >= 0.6 is 0 Å². The molecule has 1 heterocycles. The quantitative estimate of drug-likeness (QED) is 0.471. The van der Waals surface area contributed by atoms with Gasteiger partial charge >= 0.3 is 0 Å². The van der Waals surface area contributed by atoms with Crippen LogP contribution in [0.25, 0.3) is 6.08 Å². The Bertz CT molecular complexity index is 317. The summed E-state index contributed by atoms with van der Waals surface area (Å²) < 4.78 is 4.93. The highest BCUT2D eigenvalue weighted by molar-refractivity contribution is 5.71. The smallest absolute Gasteiger partial charge is 0.185 e. The fourth-order valence-corrected chi connectivity index (χ4v) is 0.641. The Labute approximate surface area is 63.5 Å². The summed E-state index contributed by atoms with van der Waals surface area (Å²) in [5, 5.41) is 8.14. The zero-order chi connectivity index (χ0) is 8.10. The second-order valence-corrected chi connectivity index (χ2v) is 1.82. The number of nitrogens with zero attached hydrogens (tertiary/aromatic N) is 1. The summed E-state index contributed by atoms with van der Waals surface area (Å²) in [4.78, 5) is 10.1. The third-order valence-electron chi connectivity index (χ3n) is 1.09. The third-order valence-corrected chi connectivity index (χ3v) is 1.09. The number of carbonyl (C=O) groups is 1. The molecule has 1 aromatic rings. The first-order chi connectivity index (χ1) is 5.36. The van der Waals surface area contributed by atoms with Gasteiger partial charge < -0.3 is 4.42 Å². The summed E-state index contributed by atoms with van der Waals surface area (Å²) in [5.74, 6) is 0.774. The summed E-state index contributed by atoms with van der Waals surface area (Å²) >= 11 is 0. The maximum atomic E-state index is 10.1. The normalized spacial score (nSPS) is 9.73. The topological polar surface area (TPSA) is 54.0 Å². The Morgan fingerprint density at radius 1 is 1.45 bits per heavy atom. The van der Waals surface area contributed by atoms with Crippen LogP contribution in [0.15, 0.2) is 22.6 Å². The van der Waals surface area contributed by atoms with Crippen LogP contribution < -0.4 is 0 Å². The van der Waals surface area contributed by atoms with Gasteiger partial charge in [0.1, 0.15) is 5.76 Å². The lowest BCUT2D eigenvalue weighted by molar-refractivity contribution is 0.110. The van der Waals surface area contributed by atoms with Crippen LogP contribution in [0.3, 0.4) is 0 Å². The van der Waals surface area contributed by atoms with Crippen molar-refractivity contribution < 1.29 is 9.21 Å². The zero-order valence-electron chi connectivity index (χ0n) is 5.65. The SMILES string of the molecule is N#CC=Cc1ccc(C=O)o1. The fourth-order valence-electron chi connectivity index (χ4n) is 0.641. The zero-order valence-corrected chi connectivity index (χ0v) is 5.65. The van der Waals surface area contributed by atoms with Gasteiger partial charge in [0.2, 0.25) is 0 Å². The van der Waals surface area contributed by atoms with E-state index in [1.54, 1.807) is 12.1 Å². The van der Waals surface area contributed by atoms with Crippen molar-refractivity contribution in [3.63, 3.8) is 0 Å². The highest BCUT2D eigenvalue weighted by atomic mass is 16.3. The second-order valence-electron chi connectivity index (χ2n) is 1.82. The number of aldehydes is 1. The molecule has 0 saturated heterocycles. The number of furan rings is 1. The molecule has 0 spiro atoms. The van der Waals surface area contributed by atoms with Crippen molar-refractivity contribution in [1.29, 1.82) is 5.26 Å². The van der Waals surface area contributed by atoms with Gasteiger partial charge in [-0.3, -0.25) is 4.79 Å². The van der Waals surface area contributed by atoms with Gasteiger partial charge in [-0.15, -0.1) is 0 Å². The molecule has 0 aromatic carbocycles. The molecule has 0 radical (unpaired) electrons. The number of carbonyl (C=O) groups excluding carboxylic acids is 1.